The predicted molar refractivity (Wildman–Crippen MR) is 82.9 cm³/mol. The third-order valence-electron chi connectivity index (χ3n) is 3.25. The number of nitrogens with one attached hydrogen (secondary N) is 2. The smallest absolute Gasteiger partial charge is 0.257 e. The van der Waals surface area contributed by atoms with Gasteiger partial charge in [-0.15, -0.1) is 0 Å². The van der Waals surface area contributed by atoms with Crippen molar-refractivity contribution in [3.8, 4) is 0 Å². The number of fused-ring (bicyclic) bond motifs is 1. The van der Waals surface area contributed by atoms with E-state index in [0.717, 1.165) is 27.5 Å². The zero-order chi connectivity index (χ0) is 14.1. The molecular weight excluding hydrogens is 272 g/mol. The summed E-state index contributed by atoms with van der Waals surface area (Å²) in [6.45, 7) is 1.94. The fourth-order valence-electron chi connectivity index (χ4n) is 2.17. The van der Waals surface area contributed by atoms with Crippen LogP contribution in [0, 0.1) is 6.92 Å². The number of hydrogen-bond donors (Lipinski definition) is 2. The van der Waals surface area contributed by atoms with E-state index >= 15 is 0 Å². The van der Waals surface area contributed by atoms with Gasteiger partial charge in [-0.1, -0.05) is 29.8 Å². The Kier molecular flexibility index (Phi) is 3.20. The molecule has 3 nitrogen and oxygen atoms in total. The molecule has 0 aliphatic carbocycles. The topological polar surface area (TPSA) is 41.1 Å². The van der Waals surface area contributed by atoms with Gasteiger partial charge < -0.3 is 10.6 Å². The Morgan fingerprint density at radius 3 is 2.80 bits per heavy atom. The van der Waals surface area contributed by atoms with Gasteiger partial charge in [0.1, 0.15) is 0 Å². The van der Waals surface area contributed by atoms with E-state index in [9.17, 15) is 4.79 Å². The second kappa shape index (κ2) is 5.02. The van der Waals surface area contributed by atoms with Crippen LogP contribution in [0.25, 0.3) is 5.57 Å². The highest BCUT2D eigenvalue weighted by molar-refractivity contribution is 6.32. The van der Waals surface area contributed by atoms with Crippen molar-refractivity contribution in [2.24, 2.45) is 0 Å². The van der Waals surface area contributed by atoms with E-state index in [1.54, 1.807) is 6.20 Å². The Bertz CT molecular complexity index is 722. The van der Waals surface area contributed by atoms with E-state index in [2.05, 4.69) is 10.6 Å². The van der Waals surface area contributed by atoms with Gasteiger partial charge in [-0.3, -0.25) is 4.79 Å². The van der Waals surface area contributed by atoms with Crippen LogP contribution in [-0.4, -0.2) is 5.91 Å². The number of amides is 1. The average Bonchev–Trinajstić information content (AvgIpc) is 2.76. The van der Waals surface area contributed by atoms with Gasteiger partial charge in [-0.05, 0) is 36.8 Å². The maximum Gasteiger partial charge on any atom is 0.257 e. The van der Waals surface area contributed by atoms with Crippen molar-refractivity contribution >= 4 is 34.5 Å². The first kappa shape index (κ1) is 12.8. The lowest BCUT2D eigenvalue weighted by Crippen LogP contribution is -2.05. The van der Waals surface area contributed by atoms with Crippen LogP contribution in [0.1, 0.15) is 11.1 Å². The lowest BCUT2D eigenvalue weighted by Gasteiger charge is -2.05. The van der Waals surface area contributed by atoms with Crippen LogP contribution in [0.2, 0.25) is 5.02 Å². The molecule has 2 aromatic rings. The molecule has 1 heterocycles. The molecule has 0 atom stereocenters. The maximum atomic E-state index is 11.9. The van der Waals surface area contributed by atoms with E-state index in [0.29, 0.717) is 5.57 Å². The van der Waals surface area contributed by atoms with Crippen LogP contribution < -0.4 is 10.6 Å². The number of carbonyl (C=O) groups excluding carboxylic acids is 1. The molecule has 2 N–H and O–H groups in total. The number of para-hydroxylation sites is 1. The molecule has 0 fully saturated rings. The first-order valence-corrected chi connectivity index (χ1v) is 6.66. The molecule has 1 aliphatic rings. The number of rotatable bonds is 2. The molecule has 1 amide bonds. The minimum Gasteiger partial charge on any atom is -0.361 e. The normalized spacial score (nSPS) is 15.1. The molecule has 0 aromatic heterocycles. The highest BCUT2D eigenvalue weighted by Gasteiger charge is 2.23. The molecule has 0 unspecified atom stereocenters. The third-order valence-corrected chi connectivity index (χ3v) is 3.68. The molecule has 0 spiro atoms. The van der Waals surface area contributed by atoms with Gasteiger partial charge in [-0.25, -0.2) is 0 Å². The molecule has 0 saturated carbocycles. The van der Waals surface area contributed by atoms with Crippen LogP contribution in [0.3, 0.4) is 0 Å². The monoisotopic (exact) mass is 284 g/mol. The summed E-state index contributed by atoms with van der Waals surface area (Å²) < 4.78 is 0. The van der Waals surface area contributed by atoms with Crippen molar-refractivity contribution in [2.45, 2.75) is 6.92 Å². The Morgan fingerprint density at radius 2 is 2.00 bits per heavy atom. The van der Waals surface area contributed by atoms with Crippen LogP contribution in [0.4, 0.5) is 11.4 Å². The summed E-state index contributed by atoms with van der Waals surface area (Å²) in [5.41, 5.74) is 4.28. The second-order valence-corrected chi connectivity index (χ2v) is 5.07. The number of benzene rings is 2. The molecule has 100 valence electrons. The highest BCUT2D eigenvalue weighted by Crippen LogP contribution is 2.31. The molecule has 1 aliphatic heterocycles. The van der Waals surface area contributed by atoms with E-state index in [1.807, 2.05) is 49.4 Å². The first-order chi connectivity index (χ1) is 9.65. The summed E-state index contributed by atoms with van der Waals surface area (Å²) in [7, 11) is 0. The maximum absolute atomic E-state index is 11.9. The first-order valence-electron chi connectivity index (χ1n) is 6.29. The van der Waals surface area contributed by atoms with E-state index in [1.165, 1.54) is 0 Å². The molecular formula is C16H13ClN2O. The van der Waals surface area contributed by atoms with Crippen molar-refractivity contribution in [3.05, 3.63) is 64.8 Å². The van der Waals surface area contributed by atoms with E-state index < -0.39 is 0 Å². The van der Waals surface area contributed by atoms with Crippen molar-refractivity contribution < 1.29 is 4.79 Å². The molecule has 0 saturated heterocycles. The Balaban J connectivity index is 1.89. The van der Waals surface area contributed by atoms with E-state index in [-0.39, 0.29) is 5.91 Å². The van der Waals surface area contributed by atoms with Crippen molar-refractivity contribution in [1.82, 2.24) is 0 Å². The second-order valence-electron chi connectivity index (χ2n) is 4.67. The fraction of sp³-hybridized carbons (Fsp3) is 0.0625. The molecule has 0 bridgehead atoms. The summed E-state index contributed by atoms with van der Waals surface area (Å²) in [6, 6.07) is 13.3. The van der Waals surface area contributed by atoms with Gasteiger partial charge in [0.25, 0.3) is 5.91 Å². The number of hydrogen-bond acceptors (Lipinski definition) is 2. The zero-order valence-electron chi connectivity index (χ0n) is 10.9. The molecule has 2 aromatic carbocycles. The molecule has 20 heavy (non-hydrogen) atoms. The van der Waals surface area contributed by atoms with Crippen molar-refractivity contribution in [2.75, 3.05) is 10.6 Å². The summed E-state index contributed by atoms with van der Waals surface area (Å²) in [6.07, 6.45) is 1.73. The van der Waals surface area contributed by atoms with Gasteiger partial charge in [0, 0.05) is 28.2 Å². The Morgan fingerprint density at radius 1 is 1.20 bits per heavy atom. The minimum absolute atomic E-state index is 0.0932. The Hall–Kier alpha value is -2.26. The lowest BCUT2D eigenvalue weighted by molar-refractivity contribution is -0.110. The van der Waals surface area contributed by atoms with Gasteiger partial charge in [0.05, 0.1) is 5.57 Å². The van der Waals surface area contributed by atoms with Crippen LogP contribution in [-0.2, 0) is 4.79 Å². The van der Waals surface area contributed by atoms with Gasteiger partial charge in [-0.2, -0.15) is 0 Å². The summed E-state index contributed by atoms with van der Waals surface area (Å²) in [5, 5.41) is 6.71. The van der Waals surface area contributed by atoms with Gasteiger partial charge in [0.15, 0.2) is 0 Å². The highest BCUT2D eigenvalue weighted by atomic mass is 35.5. The average molecular weight is 285 g/mol. The summed E-state index contributed by atoms with van der Waals surface area (Å²) >= 11 is 5.99. The number of anilines is 2. The Labute approximate surface area is 122 Å². The molecule has 3 rings (SSSR count). The van der Waals surface area contributed by atoms with Crippen LogP contribution in [0.5, 0.6) is 0 Å². The van der Waals surface area contributed by atoms with Crippen molar-refractivity contribution in [3.63, 3.8) is 0 Å². The lowest BCUT2D eigenvalue weighted by atomic mass is 10.1. The number of halogens is 1. The van der Waals surface area contributed by atoms with Gasteiger partial charge in [0.2, 0.25) is 0 Å². The van der Waals surface area contributed by atoms with E-state index in [4.69, 9.17) is 11.6 Å². The number of carbonyl (C=O) groups is 1. The SMILES string of the molecule is Cc1cc(N/C=C2/C(=O)Nc3ccccc32)ccc1Cl. The third kappa shape index (κ3) is 2.28. The van der Waals surface area contributed by atoms with Crippen LogP contribution in [0.15, 0.2) is 48.7 Å². The van der Waals surface area contributed by atoms with Gasteiger partial charge >= 0.3 is 0 Å². The largest absolute Gasteiger partial charge is 0.361 e. The van der Waals surface area contributed by atoms with Crippen LogP contribution >= 0.6 is 11.6 Å². The number of aryl methyl sites for hydroxylation is 1. The fourth-order valence-corrected chi connectivity index (χ4v) is 2.29. The quantitative estimate of drug-likeness (QED) is 0.817. The zero-order valence-corrected chi connectivity index (χ0v) is 11.7. The summed E-state index contributed by atoms with van der Waals surface area (Å²) in [5.74, 6) is -0.0932. The standard InChI is InChI=1S/C16H13ClN2O/c1-10-8-11(6-7-14(10)17)18-9-13-12-4-2-3-5-15(12)19-16(13)20/h2-9,18H,1H3,(H,19,20)/b13-9+. The minimum atomic E-state index is -0.0932. The predicted octanol–water partition coefficient (Wildman–Crippen LogP) is 4.05. The molecule has 4 heteroatoms. The molecule has 0 radical (unpaired) electrons. The summed E-state index contributed by atoms with van der Waals surface area (Å²) in [4.78, 5) is 11.9. The van der Waals surface area contributed by atoms with Crippen molar-refractivity contribution in [1.29, 1.82) is 0 Å².